The molecule has 180 valence electrons. The third kappa shape index (κ3) is 4.95. The summed E-state index contributed by atoms with van der Waals surface area (Å²) >= 11 is 0. The maximum Gasteiger partial charge on any atom is 0.238 e. The van der Waals surface area contributed by atoms with Gasteiger partial charge in [-0.1, -0.05) is 49.4 Å². The number of carbonyl (C=O) groups excluding carboxylic acids is 3. The van der Waals surface area contributed by atoms with Crippen molar-refractivity contribution < 1.29 is 23.9 Å². The van der Waals surface area contributed by atoms with Crippen molar-refractivity contribution in [2.24, 2.45) is 0 Å². The van der Waals surface area contributed by atoms with Gasteiger partial charge in [-0.05, 0) is 37.2 Å². The number of ketones is 2. The van der Waals surface area contributed by atoms with Gasteiger partial charge >= 0.3 is 0 Å². The van der Waals surface area contributed by atoms with E-state index in [0.29, 0.717) is 53.6 Å². The van der Waals surface area contributed by atoms with Gasteiger partial charge in [0.15, 0.2) is 23.1 Å². The number of amides is 1. The Bertz CT molecular complexity index is 1280. The molecule has 0 saturated carbocycles. The van der Waals surface area contributed by atoms with E-state index in [1.807, 2.05) is 36.9 Å². The van der Waals surface area contributed by atoms with Gasteiger partial charge in [0, 0.05) is 23.2 Å². The lowest BCUT2D eigenvalue weighted by Gasteiger charge is -2.23. The maximum absolute atomic E-state index is 13.2. The summed E-state index contributed by atoms with van der Waals surface area (Å²) in [5, 5.41) is 2.85. The van der Waals surface area contributed by atoms with Crippen LogP contribution in [0.15, 0.2) is 60.7 Å². The van der Waals surface area contributed by atoms with Crippen LogP contribution in [-0.4, -0.2) is 49.2 Å². The molecule has 0 aromatic heterocycles. The lowest BCUT2D eigenvalue weighted by molar-refractivity contribution is -0.117. The van der Waals surface area contributed by atoms with Gasteiger partial charge in [0.25, 0.3) is 0 Å². The molecule has 0 heterocycles. The van der Waals surface area contributed by atoms with E-state index in [4.69, 9.17) is 9.47 Å². The molecule has 0 fully saturated rings. The van der Waals surface area contributed by atoms with E-state index in [0.717, 1.165) is 5.56 Å². The van der Waals surface area contributed by atoms with Crippen LogP contribution in [0.2, 0.25) is 0 Å². The fourth-order valence-electron chi connectivity index (χ4n) is 4.26. The van der Waals surface area contributed by atoms with Gasteiger partial charge in [0.05, 0.1) is 31.5 Å². The third-order valence-electron chi connectivity index (χ3n) is 5.98. The van der Waals surface area contributed by atoms with E-state index in [2.05, 4.69) is 5.32 Å². The summed E-state index contributed by atoms with van der Waals surface area (Å²) in [5.41, 5.74) is 2.61. The fraction of sp³-hybridized carbons (Fsp3) is 0.250. The van der Waals surface area contributed by atoms with Crippen molar-refractivity contribution in [2.45, 2.75) is 20.4 Å². The molecule has 3 aromatic carbocycles. The molecular formula is C28H28N2O5. The van der Waals surface area contributed by atoms with Crippen LogP contribution >= 0.6 is 0 Å². The summed E-state index contributed by atoms with van der Waals surface area (Å²) in [6.07, 6.45) is 0. The van der Waals surface area contributed by atoms with Gasteiger partial charge in [-0.3, -0.25) is 19.3 Å². The Morgan fingerprint density at radius 3 is 2.29 bits per heavy atom. The van der Waals surface area contributed by atoms with Crippen LogP contribution in [-0.2, 0) is 11.3 Å². The predicted octanol–water partition coefficient (Wildman–Crippen LogP) is 4.33. The molecule has 1 amide bonds. The number of fused-ring (bicyclic) bond motifs is 2. The molecule has 3 aromatic rings. The van der Waals surface area contributed by atoms with Gasteiger partial charge in [0.1, 0.15) is 0 Å². The number of ether oxygens (including phenoxy) is 2. The molecule has 1 aliphatic carbocycles. The van der Waals surface area contributed by atoms with Crippen LogP contribution in [0.3, 0.4) is 0 Å². The average Bonchev–Trinajstić information content (AvgIpc) is 2.87. The number of hydrogen-bond acceptors (Lipinski definition) is 6. The molecule has 35 heavy (non-hydrogen) atoms. The summed E-state index contributed by atoms with van der Waals surface area (Å²) in [7, 11) is 1.59. The van der Waals surface area contributed by atoms with Crippen molar-refractivity contribution in [1.29, 1.82) is 0 Å². The molecule has 0 bridgehead atoms. The number of benzene rings is 3. The second-order valence-corrected chi connectivity index (χ2v) is 8.20. The van der Waals surface area contributed by atoms with Crippen molar-refractivity contribution in [3.05, 3.63) is 88.5 Å². The van der Waals surface area contributed by atoms with E-state index in [1.165, 1.54) is 0 Å². The van der Waals surface area contributed by atoms with Crippen molar-refractivity contribution in [3.63, 3.8) is 0 Å². The van der Waals surface area contributed by atoms with E-state index in [-0.39, 0.29) is 29.6 Å². The molecule has 1 N–H and O–H groups in total. The van der Waals surface area contributed by atoms with Crippen LogP contribution in [0.4, 0.5) is 5.69 Å². The normalized spacial score (nSPS) is 12.2. The molecule has 1 aliphatic rings. The highest BCUT2D eigenvalue weighted by Gasteiger charge is 2.31. The zero-order valence-corrected chi connectivity index (χ0v) is 20.1. The minimum absolute atomic E-state index is 0.119. The Morgan fingerprint density at radius 1 is 0.886 bits per heavy atom. The maximum atomic E-state index is 13.2. The van der Waals surface area contributed by atoms with Gasteiger partial charge in [0.2, 0.25) is 5.91 Å². The third-order valence-corrected chi connectivity index (χ3v) is 5.98. The van der Waals surface area contributed by atoms with Crippen LogP contribution < -0.4 is 14.8 Å². The summed E-state index contributed by atoms with van der Waals surface area (Å²) in [6.45, 7) is 5.72. The van der Waals surface area contributed by atoms with E-state index < -0.39 is 0 Å². The first-order valence-electron chi connectivity index (χ1n) is 11.6. The van der Waals surface area contributed by atoms with Crippen LogP contribution in [0.1, 0.15) is 51.3 Å². The Labute approximate surface area is 204 Å². The highest BCUT2D eigenvalue weighted by atomic mass is 16.5. The second-order valence-electron chi connectivity index (χ2n) is 8.20. The number of nitrogens with one attached hydrogen (secondary N) is 1. The van der Waals surface area contributed by atoms with Crippen LogP contribution in [0, 0.1) is 0 Å². The minimum Gasteiger partial charge on any atom is -0.493 e. The molecular weight excluding hydrogens is 444 g/mol. The molecule has 0 unspecified atom stereocenters. The summed E-state index contributed by atoms with van der Waals surface area (Å²) in [5.74, 6) is 0.571. The lowest BCUT2D eigenvalue weighted by Crippen LogP contribution is -2.33. The number of nitrogens with zero attached hydrogens (tertiary/aromatic N) is 1. The Hall–Kier alpha value is -3.97. The Kier molecular flexibility index (Phi) is 7.27. The Morgan fingerprint density at radius 2 is 1.60 bits per heavy atom. The van der Waals surface area contributed by atoms with Crippen molar-refractivity contribution >= 4 is 23.2 Å². The lowest BCUT2D eigenvalue weighted by atomic mass is 9.83. The number of methoxy groups -OCH3 is 1. The Balaban J connectivity index is 1.50. The molecule has 7 heteroatoms. The monoisotopic (exact) mass is 472 g/mol. The molecule has 0 saturated heterocycles. The number of hydrogen-bond donors (Lipinski definition) is 1. The number of rotatable bonds is 9. The van der Waals surface area contributed by atoms with E-state index in [9.17, 15) is 14.4 Å². The average molecular weight is 473 g/mol. The first-order chi connectivity index (χ1) is 17.0. The summed E-state index contributed by atoms with van der Waals surface area (Å²) in [6, 6.07) is 17.4. The SMILES string of the molecule is CCOc1ccc(CN(CC)CC(=O)Nc2cccc3c2C(=O)c2ccccc2C3=O)cc1OC. The number of likely N-dealkylation sites (N-methyl/N-ethyl adjacent to an activating group) is 1. The molecule has 4 rings (SSSR count). The van der Waals surface area contributed by atoms with Gasteiger partial charge < -0.3 is 14.8 Å². The highest BCUT2D eigenvalue weighted by molar-refractivity contribution is 6.30. The van der Waals surface area contributed by atoms with Crippen molar-refractivity contribution in [3.8, 4) is 11.5 Å². The molecule has 0 aliphatic heterocycles. The highest BCUT2D eigenvalue weighted by Crippen LogP contribution is 2.32. The topological polar surface area (TPSA) is 84.9 Å². The van der Waals surface area contributed by atoms with Crippen molar-refractivity contribution in [1.82, 2.24) is 4.90 Å². The molecule has 0 atom stereocenters. The first-order valence-corrected chi connectivity index (χ1v) is 11.6. The zero-order valence-electron chi connectivity index (χ0n) is 20.1. The van der Waals surface area contributed by atoms with E-state index in [1.54, 1.807) is 49.6 Å². The van der Waals surface area contributed by atoms with Crippen molar-refractivity contribution in [2.75, 3.05) is 32.1 Å². The fourth-order valence-corrected chi connectivity index (χ4v) is 4.26. The quantitative estimate of drug-likeness (QED) is 0.390. The molecule has 0 radical (unpaired) electrons. The second kappa shape index (κ2) is 10.5. The summed E-state index contributed by atoms with van der Waals surface area (Å²) < 4.78 is 11.0. The zero-order chi connectivity index (χ0) is 24.9. The largest absolute Gasteiger partial charge is 0.493 e. The predicted molar refractivity (Wildman–Crippen MR) is 133 cm³/mol. The standard InChI is InChI=1S/C28H28N2O5/c1-4-30(16-18-13-14-23(35-5-2)24(15-18)34-3)17-25(31)29-22-12-8-11-21-26(22)28(33)20-10-7-6-9-19(20)27(21)32/h6-15H,4-5,16-17H2,1-3H3,(H,29,31). The number of anilines is 1. The number of carbonyl (C=O) groups is 3. The molecule has 7 nitrogen and oxygen atoms in total. The van der Waals surface area contributed by atoms with Gasteiger partial charge in [-0.25, -0.2) is 0 Å². The minimum atomic E-state index is -0.266. The van der Waals surface area contributed by atoms with E-state index >= 15 is 0 Å². The summed E-state index contributed by atoms with van der Waals surface area (Å²) in [4.78, 5) is 41.1. The van der Waals surface area contributed by atoms with Crippen LogP contribution in [0.5, 0.6) is 11.5 Å². The van der Waals surface area contributed by atoms with Gasteiger partial charge in [-0.15, -0.1) is 0 Å². The first kappa shape index (κ1) is 24.2. The smallest absolute Gasteiger partial charge is 0.238 e. The molecule has 0 spiro atoms. The van der Waals surface area contributed by atoms with Gasteiger partial charge in [-0.2, -0.15) is 0 Å². The van der Waals surface area contributed by atoms with Crippen LogP contribution in [0.25, 0.3) is 0 Å².